The van der Waals surface area contributed by atoms with Crippen LogP contribution in [0.25, 0.3) is 10.2 Å². The number of nitrogens with zero attached hydrogens (tertiary/aromatic N) is 2. The Morgan fingerprint density at radius 2 is 1.58 bits per heavy atom. The van der Waals surface area contributed by atoms with Crippen molar-refractivity contribution in [1.29, 1.82) is 0 Å². The molecule has 0 saturated heterocycles. The number of amides is 1. The highest BCUT2D eigenvalue weighted by Gasteiger charge is 2.26. The van der Waals surface area contributed by atoms with Crippen molar-refractivity contribution in [3.05, 3.63) is 76.3 Å². The van der Waals surface area contributed by atoms with Gasteiger partial charge in [-0.15, -0.1) is 0 Å². The van der Waals surface area contributed by atoms with Crippen LogP contribution in [0.1, 0.15) is 42.3 Å². The third-order valence-electron chi connectivity index (χ3n) is 5.50. The van der Waals surface area contributed by atoms with Crippen LogP contribution >= 0.6 is 22.9 Å². The average molecular weight is 525 g/mol. The van der Waals surface area contributed by atoms with Crippen molar-refractivity contribution in [2.45, 2.75) is 34.2 Å². The highest BCUT2D eigenvalue weighted by molar-refractivity contribution is 7.23. The van der Waals surface area contributed by atoms with Gasteiger partial charge >= 0.3 is 0 Å². The fraction of sp³-hybridized carbons (Fsp3) is 0.286. The van der Waals surface area contributed by atoms with Gasteiger partial charge in [-0.3, -0.25) is 9.69 Å². The van der Waals surface area contributed by atoms with E-state index in [9.17, 15) is 4.79 Å². The molecule has 4 aromatic rings. The molecule has 0 N–H and O–H groups in total. The standard InChI is InChI=1S/C28H29ClN2O4S/c1-5-33-22-15-20(16-23(34-6-2)25(22)35-7-3)27(32)31(17-19-11-9-8-10-12-19)28-30-24-18(4)13-14-21(29)26(24)36-28/h8-16H,5-7,17H2,1-4H3. The molecule has 0 aliphatic rings. The van der Waals surface area contributed by atoms with Crippen molar-refractivity contribution in [3.8, 4) is 17.2 Å². The second kappa shape index (κ2) is 11.6. The summed E-state index contributed by atoms with van der Waals surface area (Å²) in [6, 6.07) is 17.1. The van der Waals surface area contributed by atoms with E-state index in [2.05, 4.69) is 0 Å². The van der Waals surface area contributed by atoms with Crippen LogP contribution in [-0.4, -0.2) is 30.7 Å². The van der Waals surface area contributed by atoms with E-state index in [-0.39, 0.29) is 5.91 Å². The lowest BCUT2D eigenvalue weighted by atomic mass is 10.1. The molecule has 0 aliphatic carbocycles. The van der Waals surface area contributed by atoms with Crippen LogP contribution in [0.15, 0.2) is 54.6 Å². The molecule has 0 unspecified atom stereocenters. The number of carbonyl (C=O) groups is 1. The van der Waals surface area contributed by atoms with Crippen LogP contribution in [-0.2, 0) is 6.54 Å². The first-order valence-electron chi connectivity index (χ1n) is 11.9. The molecule has 1 amide bonds. The molecule has 0 saturated carbocycles. The molecule has 0 fully saturated rings. The molecule has 36 heavy (non-hydrogen) atoms. The van der Waals surface area contributed by atoms with Crippen molar-refractivity contribution in [1.82, 2.24) is 4.98 Å². The van der Waals surface area contributed by atoms with E-state index >= 15 is 0 Å². The molecule has 0 spiro atoms. The number of ether oxygens (including phenoxy) is 3. The van der Waals surface area contributed by atoms with E-state index in [1.54, 1.807) is 17.0 Å². The number of anilines is 1. The molecule has 0 atom stereocenters. The number of aryl methyl sites for hydroxylation is 1. The quantitative estimate of drug-likeness (QED) is 0.218. The van der Waals surface area contributed by atoms with Gasteiger partial charge in [-0.2, -0.15) is 0 Å². The van der Waals surface area contributed by atoms with Crippen LogP contribution in [0.3, 0.4) is 0 Å². The van der Waals surface area contributed by atoms with Crippen molar-refractivity contribution in [3.63, 3.8) is 0 Å². The Balaban J connectivity index is 1.84. The summed E-state index contributed by atoms with van der Waals surface area (Å²) in [7, 11) is 0. The maximum Gasteiger partial charge on any atom is 0.260 e. The Labute approximate surface area is 220 Å². The number of carbonyl (C=O) groups excluding carboxylic acids is 1. The molecule has 6 nitrogen and oxygen atoms in total. The number of halogens is 1. The number of benzene rings is 3. The monoisotopic (exact) mass is 524 g/mol. The van der Waals surface area contributed by atoms with Crippen LogP contribution in [0, 0.1) is 6.92 Å². The van der Waals surface area contributed by atoms with E-state index in [1.165, 1.54) is 11.3 Å². The minimum Gasteiger partial charge on any atom is -0.490 e. The van der Waals surface area contributed by atoms with Crippen molar-refractivity contribution in [2.75, 3.05) is 24.7 Å². The van der Waals surface area contributed by atoms with Gasteiger partial charge < -0.3 is 14.2 Å². The van der Waals surface area contributed by atoms with Gasteiger partial charge in [0.15, 0.2) is 16.6 Å². The van der Waals surface area contributed by atoms with Crippen LogP contribution in [0.5, 0.6) is 17.2 Å². The predicted octanol–water partition coefficient (Wildman–Crippen LogP) is 7.30. The highest BCUT2D eigenvalue weighted by Crippen LogP contribution is 2.41. The summed E-state index contributed by atoms with van der Waals surface area (Å²) in [5, 5.41) is 1.18. The molecule has 1 aromatic heterocycles. The molecular weight excluding hydrogens is 496 g/mol. The molecule has 8 heteroatoms. The minimum atomic E-state index is -0.225. The second-order valence-electron chi connectivity index (χ2n) is 8.02. The van der Waals surface area contributed by atoms with Gasteiger partial charge in [0.2, 0.25) is 5.75 Å². The van der Waals surface area contributed by atoms with Crippen molar-refractivity contribution in [2.24, 2.45) is 0 Å². The third kappa shape index (κ3) is 5.42. The topological polar surface area (TPSA) is 60.9 Å². The van der Waals surface area contributed by atoms with E-state index in [4.69, 9.17) is 30.8 Å². The Morgan fingerprint density at radius 1 is 0.944 bits per heavy atom. The first-order valence-corrected chi connectivity index (χ1v) is 13.1. The van der Waals surface area contributed by atoms with Crippen molar-refractivity contribution < 1.29 is 19.0 Å². The zero-order valence-electron chi connectivity index (χ0n) is 20.8. The summed E-state index contributed by atoms with van der Waals surface area (Å²) in [5.41, 5.74) is 3.20. The van der Waals surface area contributed by atoms with E-state index in [0.717, 1.165) is 21.3 Å². The number of hydrogen-bond acceptors (Lipinski definition) is 6. The Kier molecular flexibility index (Phi) is 8.33. The fourth-order valence-electron chi connectivity index (χ4n) is 3.87. The average Bonchev–Trinajstić information content (AvgIpc) is 3.34. The zero-order chi connectivity index (χ0) is 25.7. The molecule has 0 radical (unpaired) electrons. The first-order chi connectivity index (χ1) is 17.5. The Hall–Kier alpha value is -3.29. The van der Waals surface area contributed by atoms with Gasteiger partial charge in [0.05, 0.1) is 41.6 Å². The molecule has 0 bridgehead atoms. The number of fused-ring (bicyclic) bond motifs is 1. The smallest absolute Gasteiger partial charge is 0.260 e. The SMILES string of the molecule is CCOc1cc(C(=O)N(Cc2ccccc2)c2nc3c(C)ccc(Cl)c3s2)cc(OCC)c1OCC. The first kappa shape index (κ1) is 25.8. The van der Waals surface area contributed by atoms with E-state index in [0.29, 0.717) is 59.3 Å². The van der Waals surface area contributed by atoms with E-state index < -0.39 is 0 Å². The van der Waals surface area contributed by atoms with Gasteiger partial charge in [0, 0.05) is 5.56 Å². The predicted molar refractivity (Wildman–Crippen MR) is 146 cm³/mol. The Morgan fingerprint density at radius 3 is 2.17 bits per heavy atom. The summed E-state index contributed by atoms with van der Waals surface area (Å²) in [6.45, 7) is 9.29. The lowest BCUT2D eigenvalue weighted by molar-refractivity contribution is 0.0984. The summed E-state index contributed by atoms with van der Waals surface area (Å²) >= 11 is 7.89. The van der Waals surface area contributed by atoms with Gasteiger partial charge in [-0.1, -0.05) is 59.3 Å². The summed E-state index contributed by atoms with van der Waals surface area (Å²) in [6.07, 6.45) is 0. The van der Waals surface area contributed by atoms with Crippen LogP contribution in [0.4, 0.5) is 5.13 Å². The summed E-state index contributed by atoms with van der Waals surface area (Å²) in [4.78, 5) is 20.6. The normalized spacial score (nSPS) is 10.9. The molecular formula is C28H29ClN2O4S. The third-order valence-corrected chi connectivity index (χ3v) is 7.04. The van der Waals surface area contributed by atoms with Gasteiger partial charge in [-0.25, -0.2) is 4.98 Å². The van der Waals surface area contributed by atoms with E-state index in [1.807, 2.05) is 70.2 Å². The zero-order valence-corrected chi connectivity index (χ0v) is 22.4. The largest absolute Gasteiger partial charge is 0.490 e. The van der Waals surface area contributed by atoms with Crippen LogP contribution < -0.4 is 19.1 Å². The number of thiazole rings is 1. The lowest BCUT2D eigenvalue weighted by Gasteiger charge is -2.22. The van der Waals surface area contributed by atoms with Gasteiger partial charge in [0.1, 0.15) is 0 Å². The molecule has 1 heterocycles. The Bertz CT molecular complexity index is 1290. The van der Waals surface area contributed by atoms with Crippen LogP contribution in [0.2, 0.25) is 5.02 Å². The molecule has 188 valence electrons. The van der Waals surface area contributed by atoms with Gasteiger partial charge in [0.25, 0.3) is 5.91 Å². The number of rotatable bonds is 10. The van der Waals surface area contributed by atoms with Gasteiger partial charge in [-0.05, 0) is 57.0 Å². The molecule has 0 aliphatic heterocycles. The maximum absolute atomic E-state index is 14.1. The maximum atomic E-state index is 14.1. The minimum absolute atomic E-state index is 0.225. The number of aromatic nitrogens is 1. The van der Waals surface area contributed by atoms with Crippen molar-refractivity contribution >= 4 is 44.2 Å². The molecule has 4 rings (SSSR count). The molecule has 3 aromatic carbocycles. The second-order valence-corrected chi connectivity index (χ2v) is 9.40. The summed E-state index contributed by atoms with van der Waals surface area (Å²) < 4.78 is 18.4. The lowest BCUT2D eigenvalue weighted by Crippen LogP contribution is -2.30. The number of hydrogen-bond donors (Lipinski definition) is 0. The highest BCUT2D eigenvalue weighted by atomic mass is 35.5. The summed E-state index contributed by atoms with van der Waals surface area (Å²) in [5.74, 6) is 1.21. The fourth-order valence-corrected chi connectivity index (χ4v) is 5.18.